The number of aliphatic hydroxyl groups is 1. The Hall–Kier alpha value is -2.85. The zero-order chi connectivity index (χ0) is 27.0. The van der Waals surface area contributed by atoms with E-state index < -0.39 is 5.97 Å². The average molecular weight is 527 g/mol. The highest BCUT2D eigenvalue weighted by Gasteiger charge is 2.54. The van der Waals surface area contributed by atoms with Crippen molar-refractivity contribution in [3.05, 3.63) is 66.2 Å². The number of carboxylic acids is 1. The van der Waals surface area contributed by atoms with Gasteiger partial charge < -0.3 is 14.9 Å². The number of rotatable bonds is 11. The van der Waals surface area contributed by atoms with Crippen molar-refractivity contribution >= 4 is 16.7 Å². The quantitative estimate of drug-likeness (QED) is 0.246. The van der Waals surface area contributed by atoms with Crippen LogP contribution in [0.25, 0.3) is 21.9 Å². The zero-order valence-electron chi connectivity index (χ0n) is 23.1. The monoisotopic (exact) mass is 526 g/mol. The largest absolute Gasteiger partial charge is 0.492 e. The molecule has 206 valence electrons. The van der Waals surface area contributed by atoms with Gasteiger partial charge in [-0.3, -0.25) is 0 Å². The van der Waals surface area contributed by atoms with Gasteiger partial charge in [-0.05, 0) is 110 Å². The van der Waals surface area contributed by atoms with Crippen molar-refractivity contribution in [2.75, 3.05) is 6.61 Å². The fourth-order valence-electron chi connectivity index (χ4n) is 8.62. The van der Waals surface area contributed by atoms with Gasteiger partial charge in [0, 0.05) is 10.9 Å². The molecule has 0 spiro atoms. The topological polar surface area (TPSA) is 66.8 Å². The maximum absolute atomic E-state index is 11.3. The first kappa shape index (κ1) is 26.4. The summed E-state index contributed by atoms with van der Waals surface area (Å²) in [6.45, 7) is 2.96. The number of hydrogen-bond donors (Lipinski definition) is 2. The van der Waals surface area contributed by atoms with Crippen molar-refractivity contribution < 1.29 is 19.7 Å². The predicted octanol–water partition coefficient (Wildman–Crippen LogP) is 8.36. The number of aliphatic hydroxyl groups excluding tert-OH is 1. The first-order valence-electron chi connectivity index (χ1n) is 15.1. The molecule has 3 aromatic rings. The van der Waals surface area contributed by atoms with Gasteiger partial charge >= 0.3 is 5.97 Å². The Labute approximate surface area is 232 Å². The molecule has 0 radical (unpaired) electrons. The fourth-order valence-corrected chi connectivity index (χ4v) is 8.62. The predicted molar refractivity (Wildman–Crippen MR) is 156 cm³/mol. The van der Waals surface area contributed by atoms with Gasteiger partial charge in [-0.15, -0.1) is 0 Å². The van der Waals surface area contributed by atoms with Crippen molar-refractivity contribution in [2.45, 2.75) is 77.2 Å². The third-order valence-electron chi connectivity index (χ3n) is 10.3. The number of aromatic carboxylic acids is 1. The van der Waals surface area contributed by atoms with Crippen LogP contribution in [-0.4, -0.2) is 28.9 Å². The number of fused-ring (bicyclic) bond motifs is 1. The van der Waals surface area contributed by atoms with Crippen LogP contribution in [0.4, 0.5) is 0 Å². The summed E-state index contributed by atoms with van der Waals surface area (Å²) < 4.78 is 6.42. The van der Waals surface area contributed by atoms with Gasteiger partial charge in [-0.25, -0.2) is 4.79 Å². The molecule has 2 unspecified atom stereocenters. The molecule has 7 rings (SSSR count). The minimum absolute atomic E-state index is 0.194. The van der Waals surface area contributed by atoms with Crippen molar-refractivity contribution in [1.29, 1.82) is 0 Å². The molecule has 4 aliphatic carbocycles. The summed E-state index contributed by atoms with van der Waals surface area (Å²) in [4.78, 5) is 11.3. The Balaban J connectivity index is 1.05. The van der Waals surface area contributed by atoms with Crippen LogP contribution in [0.5, 0.6) is 5.75 Å². The Morgan fingerprint density at radius 2 is 1.56 bits per heavy atom. The second kappa shape index (κ2) is 11.0. The van der Waals surface area contributed by atoms with E-state index in [2.05, 4.69) is 31.2 Å². The van der Waals surface area contributed by atoms with Crippen molar-refractivity contribution in [3.63, 3.8) is 0 Å². The Morgan fingerprint density at radius 3 is 2.23 bits per heavy atom. The van der Waals surface area contributed by atoms with Gasteiger partial charge in [0.2, 0.25) is 0 Å². The Kier molecular flexibility index (Phi) is 7.41. The smallest absolute Gasteiger partial charge is 0.335 e. The molecule has 4 nitrogen and oxygen atoms in total. The summed E-state index contributed by atoms with van der Waals surface area (Å²) in [6, 6.07) is 19.4. The van der Waals surface area contributed by atoms with Crippen LogP contribution >= 0.6 is 0 Å². The molecule has 4 heteroatoms. The highest BCUT2D eigenvalue weighted by molar-refractivity contribution is 5.95. The van der Waals surface area contributed by atoms with E-state index >= 15 is 0 Å². The molecular formula is C35H42O4. The van der Waals surface area contributed by atoms with Crippen LogP contribution in [0.1, 0.15) is 81.5 Å². The Bertz CT molecular complexity index is 1270. The van der Waals surface area contributed by atoms with E-state index in [4.69, 9.17) is 4.74 Å². The van der Waals surface area contributed by atoms with Gasteiger partial charge in [0.15, 0.2) is 0 Å². The molecule has 2 atom stereocenters. The van der Waals surface area contributed by atoms with E-state index in [9.17, 15) is 15.0 Å². The second-order valence-electron chi connectivity index (χ2n) is 12.9. The molecule has 4 bridgehead atoms. The lowest BCUT2D eigenvalue weighted by Crippen LogP contribution is -2.51. The van der Waals surface area contributed by atoms with E-state index in [1.54, 1.807) is 12.1 Å². The van der Waals surface area contributed by atoms with Crippen LogP contribution in [0.3, 0.4) is 0 Å². The first-order chi connectivity index (χ1) is 18.9. The summed E-state index contributed by atoms with van der Waals surface area (Å²) in [5, 5.41) is 22.6. The van der Waals surface area contributed by atoms with Crippen LogP contribution in [0.15, 0.2) is 60.7 Å². The fraction of sp³-hybridized carbons (Fsp3) is 0.514. The molecule has 2 N–H and O–H groups in total. The minimum Gasteiger partial charge on any atom is -0.492 e. The summed E-state index contributed by atoms with van der Waals surface area (Å²) in [6.07, 6.45) is 12.1. The van der Waals surface area contributed by atoms with Crippen LogP contribution < -0.4 is 4.74 Å². The molecule has 0 aliphatic heterocycles. The molecule has 4 fully saturated rings. The molecule has 3 aromatic carbocycles. The van der Waals surface area contributed by atoms with Crippen LogP contribution in [-0.2, 0) is 0 Å². The molecular weight excluding hydrogens is 484 g/mol. The van der Waals surface area contributed by atoms with Gasteiger partial charge in [0.05, 0.1) is 18.3 Å². The zero-order valence-corrected chi connectivity index (χ0v) is 23.1. The average Bonchev–Trinajstić information content (AvgIpc) is 2.93. The molecule has 4 saturated carbocycles. The maximum Gasteiger partial charge on any atom is 0.335 e. The normalized spacial score (nSPS) is 27.0. The number of carbonyl (C=O) groups is 1. The summed E-state index contributed by atoms with van der Waals surface area (Å²) >= 11 is 0. The van der Waals surface area contributed by atoms with Gasteiger partial charge in [-0.2, -0.15) is 0 Å². The van der Waals surface area contributed by atoms with E-state index in [0.29, 0.717) is 17.9 Å². The maximum atomic E-state index is 11.3. The summed E-state index contributed by atoms with van der Waals surface area (Å²) in [5.41, 5.74) is 2.61. The second-order valence-corrected chi connectivity index (χ2v) is 12.9. The lowest BCUT2D eigenvalue weighted by Gasteiger charge is -2.59. The third kappa shape index (κ3) is 5.33. The molecule has 39 heavy (non-hydrogen) atoms. The minimum atomic E-state index is -0.922. The highest BCUT2D eigenvalue weighted by Crippen LogP contribution is 2.63. The van der Waals surface area contributed by atoms with Gasteiger partial charge in [-0.1, -0.05) is 61.9 Å². The molecule has 0 heterocycles. The molecule has 4 aliphatic rings. The van der Waals surface area contributed by atoms with Crippen molar-refractivity contribution in [2.24, 2.45) is 29.1 Å². The molecule has 0 saturated heterocycles. The lowest BCUT2D eigenvalue weighted by molar-refractivity contribution is -0.112. The molecule has 0 aromatic heterocycles. The van der Waals surface area contributed by atoms with Gasteiger partial charge in [0.25, 0.3) is 0 Å². The summed E-state index contributed by atoms with van der Waals surface area (Å²) in [7, 11) is 0. The van der Waals surface area contributed by atoms with Crippen LogP contribution in [0, 0.1) is 29.1 Å². The third-order valence-corrected chi connectivity index (χ3v) is 10.3. The van der Waals surface area contributed by atoms with E-state index in [1.807, 2.05) is 24.3 Å². The molecule has 0 amide bonds. The standard InChI is InChI=1S/C35H42O4/c1-23(35-20-24-17-25(21-35)19-26(18-24)22-35)32(36)9-3-2-6-16-39-33-30-8-5-4-7-27(30)14-15-31(33)28-10-12-29(13-11-28)34(37)38/h4-5,7-8,10-15,23-26,32,36H,2-3,6,9,16-22H2,1H3,(H,37,38). The van der Waals surface area contributed by atoms with Gasteiger partial charge in [0.1, 0.15) is 5.75 Å². The number of benzene rings is 3. The highest BCUT2D eigenvalue weighted by atomic mass is 16.5. The van der Waals surface area contributed by atoms with Crippen LogP contribution in [0.2, 0.25) is 0 Å². The number of carboxylic acid groups (broad SMARTS) is 1. The lowest BCUT2D eigenvalue weighted by atomic mass is 9.46. The Morgan fingerprint density at radius 1 is 0.897 bits per heavy atom. The summed E-state index contributed by atoms with van der Waals surface area (Å²) in [5.74, 6) is 3.12. The SMILES string of the molecule is CC(C(O)CCCCCOc1c(-c2ccc(C(=O)O)cc2)ccc2ccccc12)C12CC3CC(CC(C3)C1)C2. The number of ether oxygens (including phenoxy) is 1. The first-order valence-corrected chi connectivity index (χ1v) is 15.1. The van der Waals surface area contributed by atoms with E-state index in [1.165, 1.54) is 38.5 Å². The van der Waals surface area contributed by atoms with Crippen molar-refractivity contribution in [3.8, 4) is 16.9 Å². The number of unbranched alkanes of at least 4 members (excludes halogenated alkanes) is 2. The number of hydrogen-bond acceptors (Lipinski definition) is 3. The van der Waals surface area contributed by atoms with E-state index in [0.717, 1.165) is 71.1 Å². The van der Waals surface area contributed by atoms with E-state index in [-0.39, 0.29) is 11.7 Å². The van der Waals surface area contributed by atoms with Crippen molar-refractivity contribution in [1.82, 2.24) is 0 Å².